The lowest BCUT2D eigenvalue weighted by Crippen LogP contribution is -2.49. The van der Waals surface area contributed by atoms with Crippen LogP contribution in [0.15, 0.2) is 53.9 Å². The Bertz CT molecular complexity index is 950. The highest BCUT2D eigenvalue weighted by Crippen LogP contribution is 2.17. The Balaban J connectivity index is 0.00000272. The summed E-state index contributed by atoms with van der Waals surface area (Å²) in [6, 6.07) is 10.3. The summed E-state index contributed by atoms with van der Waals surface area (Å²) in [6.45, 7) is 6.67. The van der Waals surface area contributed by atoms with E-state index in [1.54, 1.807) is 12.4 Å². The van der Waals surface area contributed by atoms with E-state index in [4.69, 9.17) is 0 Å². The SMILES string of the molecule is CN=C(NCCc1c[nH]c2ccccc12)NCCN1CCN(c2ncccn2)CC1.I. The number of aromatic nitrogens is 3. The minimum atomic E-state index is 0. The van der Waals surface area contributed by atoms with Crippen LogP contribution in [0.1, 0.15) is 5.56 Å². The second-order valence-corrected chi connectivity index (χ2v) is 7.41. The number of H-pyrrole nitrogens is 1. The zero-order chi connectivity index (χ0) is 20.6. The monoisotopic (exact) mass is 534 g/mol. The predicted molar refractivity (Wildman–Crippen MR) is 137 cm³/mol. The number of hydrogen-bond donors (Lipinski definition) is 3. The number of aromatic amines is 1. The van der Waals surface area contributed by atoms with Gasteiger partial charge in [-0.05, 0) is 24.1 Å². The van der Waals surface area contributed by atoms with Crippen molar-refractivity contribution in [1.82, 2.24) is 30.5 Å². The average molecular weight is 534 g/mol. The summed E-state index contributed by atoms with van der Waals surface area (Å²) in [5.41, 5.74) is 2.52. The number of piperazine rings is 1. The third-order valence-electron chi connectivity index (χ3n) is 5.51. The molecule has 0 saturated carbocycles. The maximum absolute atomic E-state index is 4.35. The molecule has 0 aliphatic carbocycles. The lowest BCUT2D eigenvalue weighted by Gasteiger charge is -2.34. The molecular formula is C22H31IN8. The number of guanidine groups is 1. The molecule has 1 aliphatic heterocycles. The molecule has 2 aromatic heterocycles. The second kappa shape index (κ2) is 11.8. The minimum absolute atomic E-state index is 0. The van der Waals surface area contributed by atoms with Crippen LogP contribution in [0.4, 0.5) is 5.95 Å². The molecule has 3 aromatic rings. The molecule has 31 heavy (non-hydrogen) atoms. The zero-order valence-electron chi connectivity index (χ0n) is 17.9. The van der Waals surface area contributed by atoms with Gasteiger partial charge in [0.1, 0.15) is 0 Å². The average Bonchev–Trinajstić information content (AvgIpc) is 3.22. The normalized spacial score (nSPS) is 15.0. The first kappa shape index (κ1) is 23.3. The molecule has 8 nitrogen and oxygen atoms in total. The molecule has 3 heterocycles. The number of hydrogen-bond acceptors (Lipinski definition) is 5. The van der Waals surface area contributed by atoms with E-state index in [0.29, 0.717) is 0 Å². The van der Waals surface area contributed by atoms with Crippen LogP contribution in [-0.4, -0.2) is 78.7 Å². The Kier molecular flexibility index (Phi) is 8.89. The van der Waals surface area contributed by atoms with Gasteiger partial charge in [0.2, 0.25) is 5.95 Å². The number of para-hydroxylation sites is 1. The standard InChI is InChI=1S/C22H30N8.HI/c1-23-21(24-10-7-18-17-28-20-6-3-2-5-19(18)20)25-11-12-29-13-15-30(16-14-29)22-26-8-4-9-27-22;/h2-6,8-9,17,28H,7,10-16H2,1H3,(H2,23,24,25);1H. The molecule has 1 aromatic carbocycles. The molecule has 3 N–H and O–H groups in total. The van der Waals surface area contributed by atoms with Crippen molar-refractivity contribution in [3.05, 3.63) is 54.5 Å². The van der Waals surface area contributed by atoms with E-state index in [1.165, 1.54) is 16.5 Å². The number of rotatable bonds is 7. The molecule has 0 unspecified atom stereocenters. The fourth-order valence-electron chi connectivity index (χ4n) is 3.83. The number of halogens is 1. The van der Waals surface area contributed by atoms with Crippen LogP contribution in [0.25, 0.3) is 10.9 Å². The minimum Gasteiger partial charge on any atom is -0.361 e. The molecule has 1 saturated heterocycles. The highest BCUT2D eigenvalue weighted by Gasteiger charge is 2.18. The third-order valence-corrected chi connectivity index (χ3v) is 5.51. The van der Waals surface area contributed by atoms with E-state index in [-0.39, 0.29) is 24.0 Å². The predicted octanol–water partition coefficient (Wildman–Crippen LogP) is 2.11. The zero-order valence-corrected chi connectivity index (χ0v) is 20.3. The van der Waals surface area contributed by atoms with Gasteiger partial charge in [-0.2, -0.15) is 0 Å². The molecule has 0 bridgehead atoms. The van der Waals surface area contributed by atoms with Gasteiger partial charge in [-0.1, -0.05) is 18.2 Å². The summed E-state index contributed by atoms with van der Waals surface area (Å²) in [6.07, 6.45) is 6.66. The first-order chi connectivity index (χ1) is 14.8. The second-order valence-electron chi connectivity index (χ2n) is 7.41. The van der Waals surface area contributed by atoms with Crippen molar-refractivity contribution < 1.29 is 0 Å². The summed E-state index contributed by atoms with van der Waals surface area (Å²) in [5, 5.41) is 8.14. The highest BCUT2D eigenvalue weighted by molar-refractivity contribution is 14.0. The summed E-state index contributed by atoms with van der Waals surface area (Å²) in [4.78, 5) is 21.1. The first-order valence-corrected chi connectivity index (χ1v) is 10.6. The molecule has 1 aliphatic rings. The molecule has 9 heteroatoms. The van der Waals surface area contributed by atoms with E-state index in [0.717, 1.165) is 64.1 Å². The summed E-state index contributed by atoms with van der Waals surface area (Å²) in [7, 11) is 1.82. The highest BCUT2D eigenvalue weighted by atomic mass is 127. The fourth-order valence-corrected chi connectivity index (χ4v) is 3.83. The molecule has 0 atom stereocenters. The van der Waals surface area contributed by atoms with E-state index in [2.05, 4.69) is 70.8 Å². The van der Waals surface area contributed by atoms with Crippen LogP contribution in [0.3, 0.4) is 0 Å². The van der Waals surface area contributed by atoms with Gasteiger partial charge in [0.05, 0.1) is 0 Å². The maximum Gasteiger partial charge on any atom is 0.225 e. The van der Waals surface area contributed by atoms with Crippen molar-refractivity contribution in [1.29, 1.82) is 0 Å². The van der Waals surface area contributed by atoms with Crippen LogP contribution in [-0.2, 0) is 6.42 Å². The summed E-state index contributed by atoms with van der Waals surface area (Å²) < 4.78 is 0. The first-order valence-electron chi connectivity index (χ1n) is 10.6. The Hall–Kier alpha value is -2.40. The molecular weight excluding hydrogens is 503 g/mol. The maximum atomic E-state index is 4.35. The molecule has 166 valence electrons. The Labute approximate surface area is 200 Å². The smallest absolute Gasteiger partial charge is 0.225 e. The van der Waals surface area contributed by atoms with Gasteiger partial charge in [-0.3, -0.25) is 9.89 Å². The molecule has 0 spiro atoms. The van der Waals surface area contributed by atoms with Gasteiger partial charge in [0, 0.05) is 82.4 Å². The third kappa shape index (κ3) is 6.30. The fraction of sp³-hybridized carbons (Fsp3) is 0.409. The van der Waals surface area contributed by atoms with E-state index in [1.807, 2.05) is 13.1 Å². The lowest BCUT2D eigenvalue weighted by atomic mass is 10.1. The largest absolute Gasteiger partial charge is 0.361 e. The van der Waals surface area contributed by atoms with Crippen molar-refractivity contribution in [3.8, 4) is 0 Å². The van der Waals surface area contributed by atoms with Crippen LogP contribution in [0.5, 0.6) is 0 Å². The lowest BCUT2D eigenvalue weighted by molar-refractivity contribution is 0.260. The van der Waals surface area contributed by atoms with Gasteiger partial charge >= 0.3 is 0 Å². The number of nitrogens with zero attached hydrogens (tertiary/aromatic N) is 5. The van der Waals surface area contributed by atoms with Crippen molar-refractivity contribution in [2.75, 3.05) is 57.8 Å². The Morgan fingerprint density at radius 2 is 1.77 bits per heavy atom. The molecule has 0 radical (unpaired) electrons. The van der Waals surface area contributed by atoms with Crippen molar-refractivity contribution in [2.24, 2.45) is 4.99 Å². The van der Waals surface area contributed by atoms with E-state index >= 15 is 0 Å². The Morgan fingerprint density at radius 3 is 2.55 bits per heavy atom. The number of anilines is 1. The molecule has 1 fully saturated rings. The number of aliphatic imine (C=N–C) groups is 1. The van der Waals surface area contributed by atoms with Crippen molar-refractivity contribution in [2.45, 2.75) is 6.42 Å². The number of nitrogens with one attached hydrogen (secondary N) is 3. The molecule has 4 rings (SSSR count). The topological polar surface area (TPSA) is 84.5 Å². The van der Waals surface area contributed by atoms with Crippen LogP contribution >= 0.6 is 24.0 Å². The molecule has 0 amide bonds. The van der Waals surface area contributed by atoms with Gasteiger partial charge in [0.25, 0.3) is 0 Å². The summed E-state index contributed by atoms with van der Waals surface area (Å²) in [5.74, 6) is 1.68. The quantitative estimate of drug-likeness (QED) is 0.245. The van der Waals surface area contributed by atoms with E-state index in [9.17, 15) is 0 Å². The van der Waals surface area contributed by atoms with Crippen molar-refractivity contribution >= 4 is 46.8 Å². The van der Waals surface area contributed by atoms with Gasteiger partial charge in [0.15, 0.2) is 5.96 Å². The van der Waals surface area contributed by atoms with Gasteiger partial charge < -0.3 is 20.5 Å². The van der Waals surface area contributed by atoms with E-state index < -0.39 is 0 Å². The van der Waals surface area contributed by atoms with Crippen LogP contribution < -0.4 is 15.5 Å². The van der Waals surface area contributed by atoms with Crippen molar-refractivity contribution in [3.63, 3.8) is 0 Å². The van der Waals surface area contributed by atoms with Gasteiger partial charge in [-0.25, -0.2) is 9.97 Å². The van der Waals surface area contributed by atoms with Crippen LogP contribution in [0.2, 0.25) is 0 Å². The van der Waals surface area contributed by atoms with Gasteiger partial charge in [-0.15, -0.1) is 24.0 Å². The Morgan fingerprint density at radius 1 is 1.03 bits per heavy atom. The van der Waals surface area contributed by atoms with Crippen LogP contribution in [0, 0.1) is 0 Å². The summed E-state index contributed by atoms with van der Waals surface area (Å²) >= 11 is 0. The number of benzene rings is 1. The number of fused-ring (bicyclic) bond motifs is 1.